The highest BCUT2D eigenvalue weighted by Crippen LogP contribution is 2.35. The van der Waals surface area contributed by atoms with Gasteiger partial charge in [0.25, 0.3) is 0 Å². The lowest BCUT2D eigenvalue weighted by Gasteiger charge is -2.34. The fourth-order valence-electron chi connectivity index (χ4n) is 4.74. The average molecular weight is 500 g/mol. The number of nitrogens with one attached hydrogen (secondary N) is 1. The molecular formula is C28H41N3O3S. The molecule has 0 radical (unpaired) electrons. The van der Waals surface area contributed by atoms with Crippen molar-refractivity contribution in [1.82, 2.24) is 10.3 Å². The predicted molar refractivity (Wildman–Crippen MR) is 142 cm³/mol. The van der Waals surface area contributed by atoms with Crippen molar-refractivity contribution >= 4 is 29.1 Å². The summed E-state index contributed by atoms with van der Waals surface area (Å²) in [5, 5.41) is 26.8. The molecule has 1 aromatic heterocycles. The van der Waals surface area contributed by atoms with Crippen molar-refractivity contribution in [3.05, 3.63) is 33.3 Å². The van der Waals surface area contributed by atoms with Gasteiger partial charge in [-0.05, 0) is 64.0 Å². The van der Waals surface area contributed by atoms with E-state index in [1.54, 1.807) is 32.1 Å². The zero-order valence-electron chi connectivity index (χ0n) is 22.2. The molecule has 2 heterocycles. The topological polar surface area (TPSA) is 103 Å². The number of allylic oxidation sites excluding steroid dienone is 1. The first-order valence-electron chi connectivity index (χ1n) is 12.5. The predicted octanol–water partition coefficient (Wildman–Crippen LogP) is 5.62. The summed E-state index contributed by atoms with van der Waals surface area (Å²) >= 11 is 1.58. The molecule has 7 heteroatoms. The number of aryl methyl sites for hydroxylation is 1. The SMILES string of the molecule is C/C1=C\CC(/C(C)=C/c2csc(C)n2)NC(=O)CC(C#N)C(C)(C)C(=O)C(C)C(O)C(C)CCC1. The Balaban J connectivity index is 2.38. The Bertz CT molecular complexity index is 1000. The molecule has 5 unspecified atom stereocenters. The second kappa shape index (κ2) is 12.6. The average Bonchev–Trinajstić information content (AvgIpc) is 3.21. The number of Topliss-reactive ketones (excluding diaryl/α,β-unsaturated/α-hetero) is 1. The third-order valence-corrected chi connectivity index (χ3v) is 8.18. The van der Waals surface area contributed by atoms with E-state index >= 15 is 0 Å². The number of carbonyl (C=O) groups is 2. The van der Waals surface area contributed by atoms with Gasteiger partial charge in [0.2, 0.25) is 5.91 Å². The Kier molecular flexibility index (Phi) is 10.4. The zero-order valence-corrected chi connectivity index (χ0v) is 23.0. The Morgan fingerprint density at radius 1 is 1.31 bits per heavy atom. The molecule has 0 aliphatic carbocycles. The van der Waals surface area contributed by atoms with E-state index in [4.69, 9.17) is 0 Å². The van der Waals surface area contributed by atoms with Crippen molar-refractivity contribution in [2.45, 2.75) is 92.7 Å². The van der Waals surface area contributed by atoms with Crippen LogP contribution in [0.25, 0.3) is 6.08 Å². The van der Waals surface area contributed by atoms with Crippen LogP contribution in [-0.4, -0.2) is 33.9 Å². The maximum atomic E-state index is 13.4. The Morgan fingerprint density at radius 3 is 2.60 bits per heavy atom. The fraction of sp³-hybridized carbons (Fsp3) is 0.643. The van der Waals surface area contributed by atoms with E-state index in [2.05, 4.69) is 29.4 Å². The molecule has 2 N–H and O–H groups in total. The van der Waals surface area contributed by atoms with Gasteiger partial charge in [-0.2, -0.15) is 5.26 Å². The lowest BCUT2D eigenvalue weighted by atomic mass is 9.69. The summed E-state index contributed by atoms with van der Waals surface area (Å²) in [5.74, 6) is -1.87. The lowest BCUT2D eigenvalue weighted by Crippen LogP contribution is -2.44. The number of aliphatic hydroxyl groups excluding tert-OH is 1. The van der Waals surface area contributed by atoms with Gasteiger partial charge in [-0.25, -0.2) is 4.98 Å². The number of nitrogens with zero attached hydrogens (tertiary/aromatic N) is 2. The van der Waals surface area contributed by atoms with Crippen LogP contribution in [0.1, 0.15) is 84.3 Å². The van der Waals surface area contributed by atoms with E-state index in [0.717, 1.165) is 35.5 Å². The van der Waals surface area contributed by atoms with Crippen LogP contribution in [0.3, 0.4) is 0 Å². The van der Waals surface area contributed by atoms with Gasteiger partial charge in [-0.3, -0.25) is 9.59 Å². The molecule has 1 aromatic rings. The van der Waals surface area contributed by atoms with Gasteiger partial charge in [0.15, 0.2) is 0 Å². The number of amides is 1. The molecule has 0 aromatic carbocycles. The van der Waals surface area contributed by atoms with Crippen LogP contribution in [0.4, 0.5) is 0 Å². The first kappa shape index (κ1) is 28.9. The molecule has 0 bridgehead atoms. The van der Waals surface area contributed by atoms with E-state index in [-0.39, 0.29) is 30.1 Å². The van der Waals surface area contributed by atoms with Crippen LogP contribution >= 0.6 is 11.3 Å². The molecular weight excluding hydrogens is 458 g/mol. The standard InChI is InChI=1S/C28H41N3O3S/c1-17-9-8-10-18(2)26(33)20(4)27(34)28(6,7)22(15-29)14-25(32)31-24(12-11-17)19(3)13-23-16-35-21(5)30-23/h11,13,16,18,20,22,24,26,33H,8-10,12,14H2,1-7H3,(H,31,32)/b17-11+,19-13+. The van der Waals surface area contributed by atoms with Gasteiger partial charge >= 0.3 is 0 Å². The van der Waals surface area contributed by atoms with Crippen molar-refractivity contribution in [3.63, 3.8) is 0 Å². The van der Waals surface area contributed by atoms with Gasteiger partial charge in [0, 0.05) is 23.1 Å². The molecule has 1 aliphatic rings. The van der Waals surface area contributed by atoms with Crippen LogP contribution in [-0.2, 0) is 9.59 Å². The smallest absolute Gasteiger partial charge is 0.221 e. The normalized spacial score (nSPS) is 31.2. The Labute approximate surface area is 214 Å². The van der Waals surface area contributed by atoms with E-state index in [9.17, 15) is 20.0 Å². The maximum absolute atomic E-state index is 13.4. The van der Waals surface area contributed by atoms with Gasteiger partial charge in [0.1, 0.15) is 5.78 Å². The third-order valence-electron chi connectivity index (χ3n) is 7.39. The van der Waals surface area contributed by atoms with Crippen LogP contribution in [0.5, 0.6) is 0 Å². The highest BCUT2D eigenvalue weighted by Gasteiger charge is 2.42. The van der Waals surface area contributed by atoms with Crippen LogP contribution in [0.2, 0.25) is 0 Å². The van der Waals surface area contributed by atoms with Crippen molar-refractivity contribution < 1.29 is 14.7 Å². The quantitative estimate of drug-likeness (QED) is 0.514. The molecule has 192 valence electrons. The van der Waals surface area contributed by atoms with Crippen LogP contribution in [0.15, 0.2) is 22.6 Å². The number of hydrogen-bond acceptors (Lipinski definition) is 6. The van der Waals surface area contributed by atoms with Gasteiger partial charge in [0.05, 0.1) is 34.8 Å². The molecule has 0 saturated carbocycles. The molecule has 5 atom stereocenters. The summed E-state index contributed by atoms with van der Waals surface area (Å²) in [7, 11) is 0. The second-order valence-electron chi connectivity index (χ2n) is 10.7. The van der Waals surface area contributed by atoms with E-state index < -0.39 is 23.4 Å². The van der Waals surface area contributed by atoms with E-state index in [1.807, 2.05) is 32.2 Å². The fourth-order valence-corrected chi connectivity index (χ4v) is 5.31. The number of aliphatic hydroxyl groups is 1. The van der Waals surface area contributed by atoms with Crippen molar-refractivity contribution in [1.29, 1.82) is 5.26 Å². The molecule has 1 aliphatic heterocycles. The molecule has 0 spiro atoms. The van der Waals surface area contributed by atoms with E-state index in [1.165, 1.54) is 5.57 Å². The van der Waals surface area contributed by atoms with E-state index in [0.29, 0.717) is 6.42 Å². The highest BCUT2D eigenvalue weighted by atomic mass is 32.1. The molecule has 0 saturated heterocycles. The summed E-state index contributed by atoms with van der Waals surface area (Å²) in [6.07, 6.45) is 6.57. The number of carbonyl (C=O) groups excluding carboxylic acids is 2. The molecule has 2 rings (SSSR count). The molecule has 0 fully saturated rings. The summed E-state index contributed by atoms with van der Waals surface area (Å²) in [6, 6.07) is 1.97. The maximum Gasteiger partial charge on any atom is 0.221 e. The van der Waals surface area contributed by atoms with Gasteiger partial charge in [-0.1, -0.05) is 39.3 Å². The monoisotopic (exact) mass is 499 g/mol. The van der Waals surface area contributed by atoms with Crippen molar-refractivity contribution in [3.8, 4) is 6.07 Å². The minimum Gasteiger partial charge on any atom is -0.392 e. The number of rotatable bonds is 2. The molecule has 1 amide bonds. The van der Waals surface area contributed by atoms with Crippen molar-refractivity contribution in [2.24, 2.45) is 23.2 Å². The zero-order chi connectivity index (χ0) is 26.3. The van der Waals surface area contributed by atoms with Crippen LogP contribution in [0, 0.1) is 41.4 Å². The van der Waals surface area contributed by atoms with Gasteiger partial charge < -0.3 is 10.4 Å². The first-order chi connectivity index (χ1) is 16.4. The Hall–Kier alpha value is -2.30. The minimum atomic E-state index is -1.06. The number of aromatic nitrogens is 1. The first-order valence-corrected chi connectivity index (χ1v) is 13.4. The Morgan fingerprint density at radius 2 is 2.00 bits per heavy atom. The largest absolute Gasteiger partial charge is 0.392 e. The third kappa shape index (κ3) is 7.85. The summed E-state index contributed by atoms with van der Waals surface area (Å²) < 4.78 is 0. The highest BCUT2D eigenvalue weighted by molar-refractivity contribution is 7.09. The minimum absolute atomic E-state index is 0.0335. The van der Waals surface area contributed by atoms with Crippen LogP contribution < -0.4 is 5.32 Å². The van der Waals surface area contributed by atoms with Crippen molar-refractivity contribution in [2.75, 3.05) is 0 Å². The summed E-state index contributed by atoms with van der Waals surface area (Å²) in [5.41, 5.74) is 2.03. The summed E-state index contributed by atoms with van der Waals surface area (Å²) in [4.78, 5) is 31.0. The number of ketones is 1. The molecule has 6 nitrogen and oxygen atoms in total. The number of thiazole rings is 1. The number of nitriles is 1. The lowest BCUT2D eigenvalue weighted by molar-refractivity contribution is -0.138. The summed E-state index contributed by atoms with van der Waals surface area (Å²) in [6.45, 7) is 13.2. The molecule has 35 heavy (non-hydrogen) atoms. The second-order valence-corrected chi connectivity index (χ2v) is 11.8. The number of hydrogen-bond donors (Lipinski definition) is 2. The van der Waals surface area contributed by atoms with Gasteiger partial charge in [-0.15, -0.1) is 11.3 Å².